The van der Waals surface area contributed by atoms with E-state index < -0.39 is 11.7 Å². The summed E-state index contributed by atoms with van der Waals surface area (Å²) in [5, 5.41) is 5.71. The largest absolute Gasteiger partial charge is 0.418 e. The van der Waals surface area contributed by atoms with Gasteiger partial charge in [-0.3, -0.25) is 0 Å². The van der Waals surface area contributed by atoms with E-state index in [1.165, 1.54) is 18.2 Å². The van der Waals surface area contributed by atoms with Crippen LogP contribution in [0.2, 0.25) is 5.02 Å². The Labute approximate surface area is 143 Å². The molecule has 0 aliphatic heterocycles. The lowest BCUT2D eigenvalue weighted by atomic mass is 10.1. The van der Waals surface area contributed by atoms with E-state index in [1.54, 1.807) is 18.2 Å². The smallest absolute Gasteiger partial charge is 0.332 e. The second-order valence-corrected chi connectivity index (χ2v) is 5.98. The van der Waals surface area contributed by atoms with Crippen LogP contribution in [-0.4, -0.2) is 5.11 Å². The van der Waals surface area contributed by atoms with Crippen LogP contribution in [0.3, 0.4) is 0 Å². The van der Waals surface area contributed by atoms with Crippen LogP contribution in [0.5, 0.6) is 0 Å². The van der Waals surface area contributed by atoms with E-state index in [0.29, 0.717) is 10.7 Å². The van der Waals surface area contributed by atoms with E-state index in [-0.39, 0.29) is 10.8 Å². The van der Waals surface area contributed by atoms with Gasteiger partial charge in [-0.25, -0.2) is 0 Å². The summed E-state index contributed by atoms with van der Waals surface area (Å²) in [6.07, 6.45) is -4.46. The van der Waals surface area contributed by atoms with Crippen LogP contribution in [0.15, 0.2) is 46.9 Å². The molecule has 2 rings (SSSR count). The number of halogens is 5. The number of hydrogen-bond acceptors (Lipinski definition) is 1. The molecule has 0 saturated heterocycles. The fraction of sp³-hybridized carbons (Fsp3) is 0.0714. The summed E-state index contributed by atoms with van der Waals surface area (Å²) >= 11 is 14.3. The highest BCUT2D eigenvalue weighted by atomic mass is 79.9. The molecule has 22 heavy (non-hydrogen) atoms. The summed E-state index contributed by atoms with van der Waals surface area (Å²) in [4.78, 5) is 0. The highest BCUT2D eigenvalue weighted by Crippen LogP contribution is 2.34. The Morgan fingerprint density at radius 1 is 1.05 bits per heavy atom. The van der Waals surface area contributed by atoms with Crippen molar-refractivity contribution < 1.29 is 13.2 Å². The summed E-state index contributed by atoms with van der Waals surface area (Å²) in [6.45, 7) is 0. The second kappa shape index (κ2) is 6.85. The quantitative estimate of drug-likeness (QED) is 0.601. The molecule has 0 heterocycles. The topological polar surface area (TPSA) is 24.1 Å². The first-order valence-corrected chi connectivity index (χ1v) is 7.54. The molecule has 2 nitrogen and oxygen atoms in total. The Morgan fingerprint density at radius 3 is 2.32 bits per heavy atom. The maximum Gasteiger partial charge on any atom is 0.418 e. The lowest BCUT2D eigenvalue weighted by Gasteiger charge is -2.16. The van der Waals surface area contributed by atoms with Gasteiger partial charge in [-0.1, -0.05) is 39.7 Å². The second-order valence-electron chi connectivity index (χ2n) is 4.25. The molecule has 0 fully saturated rings. The minimum Gasteiger partial charge on any atom is -0.332 e. The molecule has 0 aliphatic carbocycles. The fourth-order valence-electron chi connectivity index (χ4n) is 1.71. The van der Waals surface area contributed by atoms with E-state index in [4.69, 9.17) is 23.8 Å². The number of alkyl halides is 3. The van der Waals surface area contributed by atoms with Crippen LogP contribution in [-0.2, 0) is 6.18 Å². The first-order valence-electron chi connectivity index (χ1n) is 5.96. The molecule has 116 valence electrons. The van der Waals surface area contributed by atoms with Crippen molar-refractivity contribution in [2.45, 2.75) is 6.18 Å². The molecular formula is C14H9BrClF3N2S. The lowest BCUT2D eigenvalue weighted by molar-refractivity contribution is -0.136. The number of para-hydroxylation sites is 1. The third-order valence-electron chi connectivity index (χ3n) is 2.66. The van der Waals surface area contributed by atoms with Crippen LogP contribution in [0.25, 0.3) is 0 Å². The van der Waals surface area contributed by atoms with Crippen molar-refractivity contribution in [3.8, 4) is 0 Å². The molecule has 8 heteroatoms. The molecule has 0 unspecified atom stereocenters. The molecule has 0 radical (unpaired) electrons. The minimum absolute atomic E-state index is 0.0147. The van der Waals surface area contributed by atoms with Gasteiger partial charge in [-0.05, 0) is 42.5 Å². The molecule has 0 saturated carbocycles. The summed E-state index contributed by atoms with van der Waals surface area (Å²) in [5.74, 6) is 0. The third kappa shape index (κ3) is 4.34. The standard InChI is InChI=1S/C14H9BrClF3N2S/c15-8-5-6-12(10(16)7-8)21-13(22)20-11-4-2-1-3-9(11)14(17,18)19/h1-7H,(H2,20,21,22). The van der Waals surface area contributed by atoms with Gasteiger partial charge in [-0.15, -0.1) is 0 Å². The maximum atomic E-state index is 12.9. The Balaban J connectivity index is 2.16. The van der Waals surface area contributed by atoms with E-state index >= 15 is 0 Å². The molecule has 2 aromatic rings. The number of nitrogens with one attached hydrogen (secondary N) is 2. The molecule has 0 amide bonds. The van der Waals surface area contributed by atoms with Crippen LogP contribution >= 0.6 is 39.7 Å². The molecule has 2 aromatic carbocycles. The molecule has 0 aromatic heterocycles. The lowest BCUT2D eigenvalue weighted by Crippen LogP contribution is -2.21. The number of hydrogen-bond donors (Lipinski definition) is 2. The molecule has 0 atom stereocenters. The molecule has 0 aliphatic rings. The van der Waals surface area contributed by atoms with Crippen LogP contribution in [0.4, 0.5) is 24.5 Å². The zero-order valence-electron chi connectivity index (χ0n) is 10.8. The van der Waals surface area contributed by atoms with Gasteiger partial charge in [-0.2, -0.15) is 13.2 Å². The number of anilines is 2. The van der Waals surface area contributed by atoms with Gasteiger partial charge in [0.25, 0.3) is 0 Å². The normalized spacial score (nSPS) is 11.1. The first kappa shape index (κ1) is 17.1. The van der Waals surface area contributed by atoms with Gasteiger partial charge in [0, 0.05) is 4.47 Å². The van der Waals surface area contributed by atoms with Crippen molar-refractivity contribution in [2.75, 3.05) is 10.6 Å². The van der Waals surface area contributed by atoms with Crippen molar-refractivity contribution in [3.63, 3.8) is 0 Å². The van der Waals surface area contributed by atoms with Crippen molar-refractivity contribution in [1.82, 2.24) is 0 Å². The molecule has 0 bridgehead atoms. The van der Waals surface area contributed by atoms with Crippen LogP contribution in [0, 0.1) is 0 Å². The Hall–Kier alpha value is -1.31. The van der Waals surface area contributed by atoms with Crippen molar-refractivity contribution >= 4 is 56.2 Å². The zero-order chi connectivity index (χ0) is 16.3. The molecular weight excluding hydrogens is 401 g/mol. The van der Waals surface area contributed by atoms with Crippen LogP contribution < -0.4 is 10.6 Å². The average molecular weight is 410 g/mol. The van der Waals surface area contributed by atoms with Gasteiger partial charge < -0.3 is 10.6 Å². The van der Waals surface area contributed by atoms with Crippen molar-refractivity contribution in [3.05, 3.63) is 57.5 Å². The van der Waals surface area contributed by atoms with Gasteiger partial charge in [0.15, 0.2) is 5.11 Å². The van der Waals surface area contributed by atoms with E-state index in [0.717, 1.165) is 10.5 Å². The number of rotatable bonds is 2. The van der Waals surface area contributed by atoms with E-state index in [9.17, 15) is 13.2 Å². The van der Waals surface area contributed by atoms with E-state index in [2.05, 4.69) is 26.6 Å². The van der Waals surface area contributed by atoms with Gasteiger partial charge >= 0.3 is 6.18 Å². The Bertz CT molecular complexity index is 707. The third-order valence-corrected chi connectivity index (χ3v) is 3.67. The summed E-state index contributed by atoms with van der Waals surface area (Å²) in [5.41, 5.74) is -0.423. The number of benzene rings is 2. The fourth-order valence-corrected chi connectivity index (χ4v) is 2.65. The zero-order valence-corrected chi connectivity index (χ0v) is 14.0. The monoisotopic (exact) mass is 408 g/mol. The van der Waals surface area contributed by atoms with Gasteiger partial charge in [0.2, 0.25) is 0 Å². The Morgan fingerprint density at radius 2 is 1.68 bits per heavy atom. The summed E-state index contributed by atoms with van der Waals surface area (Å²) < 4.78 is 39.5. The van der Waals surface area contributed by atoms with Crippen molar-refractivity contribution in [2.24, 2.45) is 0 Å². The SMILES string of the molecule is FC(F)(F)c1ccccc1NC(=S)Nc1ccc(Br)cc1Cl. The predicted octanol–water partition coefficient (Wildman–Crippen LogP) is 5.93. The highest BCUT2D eigenvalue weighted by Gasteiger charge is 2.33. The van der Waals surface area contributed by atoms with Gasteiger partial charge in [0.05, 0.1) is 22.0 Å². The average Bonchev–Trinajstić information content (AvgIpc) is 2.41. The first-order chi connectivity index (χ1) is 10.3. The molecule has 2 N–H and O–H groups in total. The summed E-state index contributed by atoms with van der Waals surface area (Å²) in [7, 11) is 0. The molecule has 0 spiro atoms. The van der Waals surface area contributed by atoms with E-state index in [1.807, 2.05) is 0 Å². The minimum atomic E-state index is -4.46. The Kier molecular flexibility index (Phi) is 5.31. The maximum absolute atomic E-state index is 12.9. The number of thiocarbonyl (C=S) groups is 1. The highest BCUT2D eigenvalue weighted by molar-refractivity contribution is 9.10. The van der Waals surface area contributed by atoms with Crippen molar-refractivity contribution in [1.29, 1.82) is 0 Å². The van der Waals surface area contributed by atoms with Crippen LogP contribution in [0.1, 0.15) is 5.56 Å². The summed E-state index contributed by atoms with van der Waals surface area (Å²) in [6, 6.07) is 10.1. The van der Waals surface area contributed by atoms with Gasteiger partial charge in [0.1, 0.15) is 0 Å². The predicted molar refractivity (Wildman–Crippen MR) is 90.4 cm³/mol.